The topological polar surface area (TPSA) is 71.0 Å². The van der Waals surface area contributed by atoms with Crippen molar-refractivity contribution in [2.24, 2.45) is 5.92 Å². The maximum atomic E-state index is 13.6. The van der Waals surface area contributed by atoms with Crippen molar-refractivity contribution in [2.45, 2.75) is 31.7 Å². The van der Waals surface area contributed by atoms with Gasteiger partial charge < -0.3 is 10.2 Å². The minimum atomic E-state index is -0.448. The van der Waals surface area contributed by atoms with Gasteiger partial charge in [-0.2, -0.15) is 0 Å². The summed E-state index contributed by atoms with van der Waals surface area (Å²) in [5, 5.41) is 3.78. The standard InChI is InChI=1S/C22H21ClFN5O/c23-17-4-1-14(24)11-16(17)20(30)13-6-9-29(10-7-13)22-21(26-15-2-3-15)27-18-5-8-25-12-19(18)28-22/h1,4-5,8,11-13,15H,2-3,6-7,9-10H2,(H,26,27). The van der Waals surface area contributed by atoms with E-state index in [2.05, 4.69) is 15.2 Å². The zero-order valence-corrected chi connectivity index (χ0v) is 17.1. The van der Waals surface area contributed by atoms with Gasteiger partial charge in [0.05, 0.1) is 16.7 Å². The molecule has 2 aromatic heterocycles. The van der Waals surface area contributed by atoms with Crippen LogP contribution in [0.1, 0.15) is 36.0 Å². The van der Waals surface area contributed by atoms with Crippen LogP contribution in [0.3, 0.4) is 0 Å². The Labute approximate surface area is 178 Å². The van der Waals surface area contributed by atoms with Crippen molar-refractivity contribution in [3.8, 4) is 0 Å². The summed E-state index contributed by atoms with van der Waals surface area (Å²) in [6, 6.07) is 6.25. The number of fused-ring (bicyclic) bond motifs is 1. The number of carbonyl (C=O) groups is 1. The van der Waals surface area contributed by atoms with Gasteiger partial charge in [-0.1, -0.05) is 11.6 Å². The van der Waals surface area contributed by atoms with E-state index in [0.717, 1.165) is 35.5 Å². The second-order valence-corrected chi connectivity index (χ2v) is 8.34. The summed E-state index contributed by atoms with van der Waals surface area (Å²) in [5.74, 6) is 0.863. The van der Waals surface area contributed by atoms with Crippen LogP contribution in [0.15, 0.2) is 36.7 Å². The molecule has 6 nitrogen and oxygen atoms in total. The maximum Gasteiger partial charge on any atom is 0.172 e. The van der Waals surface area contributed by atoms with Crippen LogP contribution in [-0.2, 0) is 0 Å². The molecule has 154 valence electrons. The third-order valence-electron chi connectivity index (χ3n) is 5.73. The van der Waals surface area contributed by atoms with E-state index in [4.69, 9.17) is 21.6 Å². The summed E-state index contributed by atoms with van der Waals surface area (Å²) >= 11 is 6.14. The molecule has 0 amide bonds. The first-order chi connectivity index (χ1) is 14.6. The number of nitrogens with one attached hydrogen (secondary N) is 1. The maximum absolute atomic E-state index is 13.6. The summed E-state index contributed by atoms with van der Waals surface area (Å²) in [5.41, 5.74) is 1.82. The molecule has 2 aliphatic rings. The van der Waals surface area contributed by atoms with Gasteiger partial charge in [0, 0.05) is 36.8 Å². The Kier molecular flexibility index (Phi) is 4.98. The summed E-state index contributed by atoms with van der Waals surface area (Å²) in [6.07, 6.45) is 7.02. The van der Waals surface area contributed by atoms with E-state index in [9.17, 15) is 9.18 Å². The first-order valence-corrected chi connectivity index (χ1v) is 10.6. The normalized spacial score (nSPS) is 17.3. The molecule has 5 rings (SSSR count). The van der Waals surface area contributed by atoms with Crippen molar-refractivity contribution < 1.29 is 9.18 Å². The van der Waals surface area contributed by atoms with Crippen molar-refractivity contribution in [3.05, 3.63) is 53.1 Å². The number of hydrogen-bond acceptors (Lipinski definition) is 6. The lowest BCUT2D eigenvalue weighted by Gasteiger charge is -2.33. The third kappa shape index (κ3) is 3.81. The second-order valence-electron chi connectivity index (χ2n) is 7.93. The average molecular weight is 426 g/mol. The van der Waals surface area contributed by atoms with Crippen molar-refractivity contribution in [1.82, 2.24) is 15.0 Å². The van der Waals surface area contributed by atoms with Crippen LogP contribution in [0, 0.1) is 11.7 Å². The number of ketones is 1. The highest BCUT2D eigenvalue weighted by atomic mass is 35.5. The number of pyridine rings is 1. The molecule has 0 unspecified atom stereocenters. The third-order valence-corrected chi connectivity index (χ3v) is 6.06. The molecule has 1 aliphatic heterocycles. The quantitative estimate of drug-likeness (QED) is 0.607. The van der Waals surface area contributed by atoms with Crippen LogP contribution in [-0.4, -0.2) is 39.9 Å². The largest absolute Gasteiger partial charge is 0.364 e. The lowest BCUT2D eigenvalue weighted by Crippen LogP contribution is -2.37. The summed E-state index contributed by atoms with van der Waals surface area (Å²) in [4.78, 5) is 28.8. The Morgan fingerprint density at radius 1 is 1.10 bits per heavy atom. The molecule has 0 bridgehead atoms. The average Bonchev–Trinajstić information content (AvgIpc) is 3.59. The molecule has 1 saturated carbocycles. The van der Waals surface area contributed by atoms with E-state index < -0.39 is 5.82 Å². The lowest BCUT2D eigenvalue weighted by molar-refractivity contribution is 0.0900. The molecule has 2 fully saturated rings. The Hall–Kier alpha value is -2.80. The fourth-order valence-electron chi connectivity index (χ4n) is 3.90. The fourth-order valence-corrected chi connectivity index (χ4v) is 4.11. The van der Waals surface area contributed by atoms with E-state index in [1.54, 1.807) is 12.4 Å². The van der Waals surface area contributed by atoms with Crippen molar-refractivity contribution in [3.63, 3.8) is 0 Å². The molecule has 3 aromatic rings. The molecule has 1 aromatic carbocycles. The zero-order chi connectivity index (χ0) is 20.7. The summed E-state index contributed by atoms with van der Waals surface area (Å²) in [7, 11) is 0. The Balaban J connectivity index is 1.36. The minimum Gasteiger partial charge on any atom is -0.364 e. The number of hydrogen-bond donors (Lipinski definition) is 1. The highest BCUT2D eigenvalue weighted by molar-refractivity contribution is 6.34. The Morgan fingerprint density at radius 2 is 1.90 bits per heavy atom. The number of halogens is 2. The van der Waals surface area contributed by atoms with Crippen molar-refractivity contribution >= 4 is 40.1 Å². The van der Waals surface area contributed by atoms with E-state index >= 15 is 0 Å². The van der Waals surface area contributed by atoms with E-state index in [0.29, 0.717) is 37.0 Å². The molecule has 0 spiro atoms. The predicted molar refractivity (Wildman–Crippen MR) is 115 cm³/mol. The van der Waals surface area contributed by atoms with Crippen LogP contribution in [0.5, 0.6) is 0 Å². The van der Waals surface area contributed by atoms with Gasteiger partial charge in [0.2, 0.25) is 0 Å². The predicted octanol–water partition coefficient (Wildman–Crippen LogP) is 4.49. The van der Waals surface area contributed by atoms with Crippen LogP contribution < -0.4 is 10.2 Å². The fraction of sp³-hybridized carbons (Fsp3) is 0.364. The molecule has 1 saturated heterocycles. The molecule has 3 heterocycles. The van der Waals surface area contributed by atoms with Gasteiger partial charge in [0.1, 0.15) is 11.3 Å². The van der Waals surface area contributed by atoms with E-state index in [1.165, 1.54) is 18.2 Å². The number of aromatic nitrogens is 3. The molecule has 1 N–H and O–H groups in total. The lowest BCUT2D eigenvalue weighted by atomic mass is 9.89. The first-order valence-electron chi connectivity index (χ1n) is 10.2. The highest BCUT2D eigenvalue weighted by Crippen LogP contribution is 2.33. The smallest absolute Gasteiger partial charge is 0.172 e. The van der Waals surface area contributed by atoms with Gasteiger partial charge in [-0.3, -0.25) is 9.78 Å². The van der Waals surface area contributed by atoms with E-state index in [1.807, 2.05) is 6.07 Å². The molecule has 0 radical (unpaired) electrons. The number of rotatable bonds is 5. The van der Waals surface area contributed by atoms with E-state index in [-0.39, 0.29) is 17.3 Å². The van der Waals surface area contributed by atoms with Crippen LogP contribution in [0.4, 0.5) is 16.0 Å². The first kappa shape index (κ1) is 19.2. The number of anilines is 2. The summed E-state index contributed by atoms with van der Waals surface area (Å²) in [6.45, 7) is 1.34. The molecule has 30 heavy (non-hydrogen) atoms. The number of Topliss-reactive ketones (excluding diaryl/α,β-unsaturated/α-hetero) is 1. The van der Waals surface area contributed by atoms with Crippen molar-refractivity contribution in [1.29, 1.82) is 0 Å². The summed E-state index contributed by atoms with van der Waals surface area (Å²) < 4.78 is 13.6. The molecule has 0 atom stereocenters. The number of benzene rings is 1. The van der Waals surface area contributed by atoms with Gasteiger partial charge in [-0.15, -0.1) is 0 Å². The zero-order valence-electron chi connectivity index (χ0n) is 16.3. The van der Waals surface area contributed by atoms with Gasteiger partial charge in [0.25, 0.3) is 0 Å². The van der Waals surface area contributed by atoms with Gasteiger partial charge in [0.15, 0.2) is 17.4 Å². The van der Waals surface area contributed by atoms with Crippen LogP contribution >= 0.6 is 11.6 Å². The highest BCUT2D eigenvalue weighted by Gasteiger charge is 2.30. The second kappa shape index (κ2) is 7.80. The van der Waals surface area contributed by atoms with Crippen LogP contribution in [0.2, 0.25) is 5.02 Å². The SMILES string of the molecule is O=C(c1cc(F)ccc1Cl)C1CCN(c2nc3cnccc3nc2NC2CC2)CC1. The number of piperidine rings is 1. The molecule has 8 heteroatoms. The molecular formula is C22H21ClFN5O. The minimum absolute atomic E-state index is 0.0933. The Morgan fingerprint density at radius 3 is 2.67 bits per heavy atom. The number of nitrogens with zero attached hydrogens (tertiary/aromatic N) is 4. The monoisotopic (exact) mass is 425 g/mol. The van der Waals surface area contributed by atoms with Crippen molar-refractivity contribution in [2.75, 3.05) is 23.3 Å². The molecule has 1 aliphatic carbocycles. The van der Waals surface area contributed by atoms with Gasteiger partial charge in [-0.25, -0.2) is 14.4 Å². The van der Waals surface area contributed by atoms with Crippen LogP contribution in [0.25, 0.3) is 11.0 Å². The van der Waals surface area contributed by atoms with Gasteiger partial charge >= 0.3 is 0 Å². The number of carbonyl (C=O) groups excluding carboxylic acids is 1. The Bertz CT molecular complexity index is 1110. The molecular weight excluding hydrogens is 405 g/mol. The van der Waals surface area contributed by atoms with Gasteiger partial charge in [-0.05, 0) is 49.9 Å².